The number of benzene rings is 1. The van der Waals surface area contributed by atoms with Crippen LogP contribution in [0.15, 0.2) is 24.3 Å². The van der Waals surface area contributed by atoms with Crippen LogP contribution in [0.5, 0.6) is 5.75 Å². The largest absolute Gasteiger partial charge is 0.493 e. The summed E-state index contributed by atoms with van der Waals surface area (Å²) in [7, 11) is 0. The average molecular weight is 272 g/mol. The van der Waals surface area contributed by atoms with Gasteiger partial charge in [-0.05, 0) is 24.6 Å². The second kappa shape index (κ2) is 7.95. The Morgan fingerprint density at radius 1 is 1.56 bits per heavy atom. The number of rotatable bonds is 7. The molecule has 1 aromatic carbocycles. The fourth-order valence-electron chi connectivity index (χ4n) is 1.40. The van der Waals surface area contributed by atoms with Crippen molar-refractivity contribution in [1.29, 1.82) is 0 Å². The second-order valence-corrected chi connectivity index (χ2v) is 4.35. The molecule has 18 heavy (non-hydrogen) atoms. The highest BCUT2D eigenvalue weighted by Gasteiger charge is 2.08. The summed E-state index contributed by atoms with van der Waals surface area (Å²) < 4.78 is 5.40. The normalized spacial score (nSPS) is 11.9. The second-order valence-electron chi connectivity index (χ2n) is 3.91. The van der Waals surface area contributed by atoms with Gasteiger partial charge in [-0.2, -0.15) is 0 Å². The first-order chi connectivity index (χ1) is 8.65. The minimum Gasteiger partial charge on any atom is -0.493 e. The number of hydrogen-bond donors (Lipinski definition) is 2. The fraction of sp³-hybridized carbons (Fsp3) is 0.462. The summed E-state index contributed by atoms with van der Waals surface area (Å²) in [6, 6.07) is 6.85. The molecule has 0 saturated heterocycles. The smallest absolute Gasteiger partial charge is 0.223 e. The predicted molar refractivity (Wildman–Crippen MR) is 70.9 cm³/mol. The lowest BCUT2D eigenvalue weighted by molar-refractivity contribution is -0.122. The van der Waals surface area contributed by atoms with E-state index in [2.05, 4.69) is 5.32 Å². The molecule has 4 nitrogen and oxygen atoms in total. The molecule has 1 aromatic rings. The maximum atomic E-state index is 11.5. The highest BCUT2D eigenvalue weighted by atomic mass is 35.5. The van der Waals surface area contributed by atoms with Crippen molar-refractivity contribution in [3.63, 3.8) is 0 Å². The Bertz CT molecular complexity index is 380. The van der Waals surface area contributed by atoms with Gasteiger partial charge in [-0.25, -0.2) is 0 Å². The van der Waals surface area contributed by atoms with Crippen LogP contribution in [0.1, 0.15) is 19.8 Å². The molecular weight excluding hydrogens is 254 g/mol. The van der Waals surface area contributed by atoms with E-state index >= 15 is 0 Å². The van der Waals surface area contributed by atoms with Gasteiger partial charge in [0, 0.05) is 5.02 Å². The molecular formula is C13H18ClNO3. The lowest BCUT2D eigenvalue weighted by Crippen LogP contribution is -2.37. The van der Waals surface area contributed by atoms with Crippen LogP contribution < -0.4 is 10.1 Å². The monoisotopic (exact) mass is 271 g/mol. The maximum absolute atomic E-state index is 11.5. The predicted octanol–water partition coefficient (Wildman–Crippen LogP) is 2.00. The molecule has 1 rings (SSSR count). The number of nitrogens with one attached hydrogen (secondary N) is 1. The number of hydrogen-bond acceptors (Lipinski definition) is 3. The zero-order chi connectivity index (χ0) is 13.4. The lowest BCUT2D eigenvalue weighted by atomic mass is 10.2. The molecule has 0 aliphatic heterocycles. The first-order valence-corrected chi connectivity index (χ1v) is 6.32. The molecule has 100 valence electrons. The molecule has 0 heterocycles. The Balaban J connectivity index is 2.27. The van der Waals surface area contributed by atoms with E-state index < -0.39 is 0 Å². The van der Waals surface area contributed by atoms with Gasteiger partial charge in [0.05, 0.1) is 25.7 Å². The van der Waals surface area contributed by atoms with Crippen molar-refractivity contribution >= 4 is 17.5 Å². The minimum absolute atomic E-state index is 0.0443. The van der Waals surface area contributed by atoms with Gasteiger partial charge in [0.25, 0.3) is 0 Å². The van der Waals surface area contributed by atoms with Crippen LogP contribution >= 0.6 is 11.6 Å². The summed E-state index contributed by atoms with van der Waals surface area (Å²) >= 11 is 5.81. The SMILES string of the molecule is CC[C@@H](CO)NC(=O)CCOc1cccc(Cl)c1. The van der Waals surface area contributed by atoms with Crippen LogP contribution in [0.4, 0.5) is 0 Å². The molecule has 1 atom stereocenters. The van der Waals surface area contributed by atoms with Crippen molar-refractivity contribution in [2.24, 2.45) is 0 Å². The van der Waals surface area contributed by atoms with Crippen LogP contribution in [0.3, 0.4) is 0 Å². The molecule has 1 amide bonds. The van der Waals surface area contributed by atoms with E-state index in [0.717, 1.165) is 0 Å². The Morgan fingerprint density at radius 3 is 2.94 bits per heavy atom. The third-order valence-electron chi connectivity index (χ3n) is 2.47. The van der Waals surface area contributed by atoms with Crippen molar-refractivity contribution in [2.75, 3.05) is 13.2 Å². The van der Waals surface area contributed by atoms with Gasteiger partial charge < -0.3 is 15.2 Å². The first-order valence-electron chi connectivity index (χ1n) is 5.94. The number of carbonyl (C=O) groups is 1. The van der Waals surface area contributed by atoms with Crippen LogP contribution in [0, 0.1) is 0 Å². The van der Waals surface area contributed by atoms with E-state index in [1.807, 2.05) is 6.92 Å². The van der Waals surface area contributed by atoms with Crippen molar-refractivity contribution in [3.8, 4) is 5.75 Å². The molecule has 0 aliphatic carbocycles. The molecule has 0 spiro atoms. The molecule has 0 bridgehead atoms. The Morgan fingerprint density at radius 2 is 2.33 bits per heavy atom. The van der Waals surface area contributed by atoms with Crippen LogP contribution in [-0.2, 0) is 4.79 Å². The van der Waals surface area contributed by atoms with Gasteiger partial charge >= 0.3 is 0 Å². The van der Waals surface area contributed by atoms with E-state index in [4.69, 9.17) is 21.4 Å². The molecule has 0 unspecified atom stereocenters. The third kappa shape index (κ3) is 5.38. The first kappa shape index (κ1) is 14.8. The van der Waals surface area contributed by atoms with Crippen LogP contribution in [-0.4, -0.2) is 30.3 Å². The van der Waals surface area contributed by atoms with Gasteiger partial charge in [0.2, 0.25) is 5.91 Å². The number of ether oxygens (including phenoxy) is 1. The summed E-state index contributed by atoms with van der Waals surface area (Å²) in [5.41, 5.74) is 0. The van der Waals surface area contributed by atoms with Crippen LogP contribution in [0.2, 0.25) is 5.02 Å². The van der Waals surface area contributed by atoms with Gasteiger partial charge in [-0.3, -0.25) is 4.79 Å². The number of aliphatic hydroxyl groups is 1. The van der Waals surface area contributed by atoms with E-state index in [0.29, 0.717) is 17.2 Å². The Kier molecular flexibility index (Phi) is 6.54. The Hall–Kier alpha value is -1.26. The molecule has 0 fully saturated rings. The zero-order valence-corrected chi connectivity index (χ0v) is 11.1. The number of aliphatic hydroxyl groups excluding tert-OH is 1. The van der Waals surface area contributed by atoms with E-state index in [1.54, 1.807) is 24.3 Å². The molecule has 5 heteroatoms. The summed E-state index contributed by atoms with van der Waals surface area (Å²) in [5.74, 6) is 0.516. The van der Waals surface area contributed by atoms with Gasteiger partial charge in [0.1, 0.15) is 5.75 Å². The van der Waals surface area contributed by atoms with E-state index in [1.165, 1.54) is 0 Å². The number of halogens is 1. The summed E-state index contributed by atoms with van der Waals surface area (Å²) in [4.78, 5) is 11.5. The minimum atomic E-state index is -0.177. The fourth-order valence-corrected chi connectivity index (χ4v) is 1.58. The molecule has 0 radical (unpaired) electrons. The van der Waals surface area contributed by atoms with Gasteiger partial charge in [0.15, 0.2) is 0 Å². The quantitative estimate of drug-likeness (QED) is 0.797. The zero-order valence-electron chi connectivity index (χ0n) is 10.4. The summed E-state index contributed by atoms with van der Waals surface area (Å²) in [5, 5.41) is 12.3. The average Bonchev–Trinajstić information content (AvgIpc) is 2.36. The van der Waals surface area contributed by atoms with Crippen molar-refractivity contribution < 1.29 is 14.6 Å². The Labute approximate surface area is 112 Å². The van der Waals surface area contributed by atoms with E-state index in [-0.39, 0.29) is 31.6 Å². The molecule has 0 aliphatic rings. The highest BCUT2D eigenvalue weighted by Crippen LogP contribution is 2.17. The molecule has 2 N–H and O–H groups in total. The van der Waals surface area contributed by atoms with Crippen molar-refractivity contribution in [1.82, 2.24) is 5.32 Å². The highest BCUT2D eigenvalue weighted by molar-refractivity contribution is 6.30. The van der Waals surface area contributed by atoms with E-state index in [9.17, 15) is 4.79 Å². The summed E-state index contributed by atoms with van der Waals surface area (Å²) in [6.45, 7) is 2.15. The number of carbonyl (C=O) groups excluding carboxylic acids is 1. The topological polar surface area (TPSA) is 58.6 Å². The third-order valence-corrected chi connectivity index (χ3v) is 2.71. The van der Waals surface area contributed by atoms with Crippen molar-refractivity contribution in [3.05, 3.63) is 29.3 Å². The van der Waals surface area contributed by atoms with Crippen LogP contribution in [0.25, 0.3) is 0 Å². The molecule has 0 aromatic heterocycles. The molecule has 0 saturated carbocycles. The van der Waals surface area contributed by atoms with Crippen molar-refractivity contribution in [2.45, 2.75) is 25.8 Å². The standard InChI is InChI=1S/C13H18ClNO3/c1-2-11(9-16)15-13(17)6-7-18-12-5-3-4-10(14)8-12/h3-5,8,11,16H,2,6-7,9H2,1H3,(H,15,17)/t11-/m0/s1. The summed E-state index contributed by atoms with van der Waals surface area (Å²) in [6.07, 6.45) is 0.959. The van der Waals surface area contributed by atoms with Gasteiger partial charge in [-0.15, -0.1) is 0 Å². The van der Waals surface area contributed by atoms with Gasteiger partial charge in [-0.1, -0.05) is 24.6 Å². The lowest BCUT2D eigenvalue weighted by Gasteiger charge is -2.14. The number of amides is 1. The maximum Gasteiger partial charge on any atom is 0.223 e.